The summed E-state index contributed by atoms with van der Waals surface area (Å²) in [5, 5.41) is 27.7. The van der Waals surface area contributed by atoms with E-state index in [2.05, 4.69) is 30.9 Å². The molecule has 0 aliphatic rings. The van der Waals surface area contributed by atoms with E-state index in [-0.39, 0.29) is 44.3 Å². The summed E-state index contributed by atoms with van der Waals surface area (Å²) in [6.07, 6.45) is 1.24. The lowest BCUT2D eigenvalue weighted by atomic mass is 10.0. The number of carbonyl (C=O) groups excluding carboxylic acids is 3. The Morgan fingerprint density at radius 2 is 1.43 bits per heavy atom. The van der Waals surface area contributed by atoms with Crippen molar-refractivity contribution in [2.75, 3.05) is 13.1 Å². The van der Waals surface area contributed by atoms with E-state index in [1.807, 2.05) is 24.3 Å². The van der Waals surface area contributed by atoms with E-state index in [4.69, 9.17) is 28.7 Å². The van der Waals surface area contributed by atoms with Crippen LogP contribution in [0.4, 0.5) is 0 Å². The van der Waals surface area contributed by atoms with Crippen molar-refractivity contribution in [3.8, 4) is 0 Å². The van der Waals surface area contributed by atoms with Crippen molar-refractivity contribution in [2.24, 2.45) is 38.7 Å². The number of aromatic nitrogens is 1. The Morgan fingerprint density at radius 1 is 0.864 bits per heavy atom. The van der Waals surface area contributed by atoms with Gasteiger partial charge in [0.2, 0.25) is 17.7 Å². The second kappa shape index (κ2) is 17.3. The zero-order chi connectivity index (χ0) is 32.8. The van der Waals surface area contributed by atoms with Crippen LogP contribution in [0.15, 0.2) is 40.4 Å². The quantitative estimate of drug-likeness (QED) is 0.0456. The number of hydrogen-bond donors (Lipinski definition) is 11. The molecule has 1 aromatic heterocycles. The van der Waals surface area contributed by atoms with Crippen LogP contribution >= 0.6 is 0 Å². The number of aromatic amines is 1. The molecule has 5 atom stereocenters. The van der Waals surface area contributed by atoms with Crippen LogP contribution < -0.4 is 44.6 Å². The van der Waals surface area contributed by atoms with Gasteiger partial charge in [0.15, 0.2) is 18.0 Å². The van der Waals surface area contributed by atoms with E-state index < -0.39 is 54.0 Å². The first-order valence-corrected chi connectivity index (χ1v) is 14.0. The van der Waals surface area contributed by atoms with Gasteiger partial charge < -0.3 is 59.8 Å². The van der Waals surface area contributed by atoms with Crippen molar-refractivity contribution in [3.05, 3.63) is 36.0 Å². The molecule has 0 radical (unpaired) electrons. The number of amides is 3. The van der Waals surface area contributed by atoms with Gasteiger partial charge in [0.1, 0.15) is 12.1 Å². The lowest BCUT2D eigenvalue weighted by Gasteiger charge is -2.26. The van der Waals surface area contributed by atoms with Crippen LogP contribution in [0, 0.1) is 0 Å². The maximum absolute atomic E-state index is 13.6. The normalized spacial score (nSPS) is 14.3. The topological polar surface area (TPSA) is 315 Å². The number of nitrogens with two attached hydrogens (primary N) is 5. The summed E-state index contributed by atoms with van der Waals surface area (Å²) < 4.78 is 0. The molecule has 0 fully saturated rings. The van der Waals surface area contributed by atoms with E-state index in [9.17, 15) is 29.4 Å². The van der Waals surface area contributed by atoms with Crippen molar-refractivity contribution in [1.29, 1.82) is 0 Å². The van der Waals surface area contributed by atoms with E-state index in [1.54, 1.807) is 6.20 Å². The predicted octanol–water partition coefficient (Wildman–Crippen LogP) is -2.94. The molecule has 0 saturated heterocycles. The summed E-state index contributed by atoms with van der Waals surface area (Å²) in [6, 6.07) is 2.26. The monoisotopic (exact) mass is 617 g/mol. The number of aliphatic hydroxyl groups is 1. The first-order chi connectivity index (χ1) is 20.8. The molecule has 44 heavy (non-hydrogen) atoms. The number of carbonyl (C=O) groups is 4. The zero-order valence-corrected chi connectivity index (χ0v) is 24.5. The lowest BCUT2D eigenvalue weighted by Crippen LogP contribution is -2.58. The van der Waals surface area contributed by atoms with Gasteiger partial charge in [-0.1, -0.05) is 18.2 Å². The maximum atomic E-state index is 13.6. The van der Waals surface area contributed by atoms with Gasteiger partial charge in [-0.2, -0.15) is 0 Å². The van der Waals surface area contributed by atoms with Gasteiger partial charge in [-0.05, 0) is 44.2 Å². The van der Waals surface area contributed by atoms with Gasteiger partial charge in [-0.25, -0.2) is 4.79 Å². The van der Waals surface area contributed by atoms with Crippen molar-refractivity contribution in [2.45, 2.75) is 69.3 Å². The second-order valence-electron chi connectivity index (χ2n) is 10.3. The fourth-order valence-electron chi connectivity index (χ4n) is 4.35. The predicted molar refractivity (Wildman–Crippen MR) is 165 cm³/mol. The van der Waals surface area contributed by atoms with Crippen LogP contribution in [0.3, 0.4) is 0 Å². The highest BCUT2D eigenvalue weighted by atomic mass is 16.4. The number of aliphatic carboxylic acids is 1. The van der Waals surface area contributed by atoms with Crippen LogP contribution in [-0.2, 0) is 25.6 Å². The Hall–Kier alpha value is -4.90. The summed E-state index contributed by atoms with van der Waals surface area (Å²) in [5.74, 6) is -3.87. The summed E-state index contributed by atoms with van der Waals surface area (Å²) in [6.45, 7) is 1.65. The largest absolute Gasteiger partial charge is 0.480 e. The summed E-state index contributed by atoms with van der Waals surface area (Å²) in [7, 11) is 0. The molecule has 1 heterocycles. The molecular formula is C27H43N11O6. The van der Waals surface area contributed by atoms with Crippen molar-refractivity contribution < 1.29 is 29.4 Å². The maximum Gasteiger partial charge on any atom is 0.328 e. The first kappa shape index (κ1) is 35.3. The molecule has 16 N–H and O–H groups in total. The number of H-pyrrole nitrogens is 1. The zero-order valence-electron chi connectivity index (χ0n) is 24.5. The summed E-state index contributed by atoms with van der Waals surface area (Å²) in [5.41, 5.74) is 28.9. The number of hydrogen-bond acceptors (Lipinski definition) is 8. The van der Waals surface area contributed by atoms with Gasteiger partial charge in [0.05, 0.1) is 12.1 Å². The lowest BCUT2D eigenvalue weighted by molar-refractivity contribution is -0.145. The minimum Gasteiger partial charge on any atom is -0.480 e. The Balaban J connectivity index is 2.29. The molecule has 5 unspecified atom stereocenters. The van der Waals surface area contributed by atoms with Crippen molar-refractivity contribution >= 4 is 46.5 Å². The number of nitrogens with zero attached hydrogens (tertiary/aromatic N) is 2. The Bertz CT molecular complexity index is 1330. The first-order valence-electron chi connectivity index (χ1n) is 14.0. The molecule has 17 heteroatoms. The number of rotatable bonds is 18. The second-order valence-corrected chi connectivity index (χ2v) is 10.3. The van der Waals surface area contributed by atoms with Crippen LogP contribution in [0.2, 0.25) is 0 Å². The Kier molecular flexibility index (Phi) is 13.9. The molecule has 0 saturated carbocycles. The number of carboxylic acid groups (broad SMARTS) is 1. The SMILES string of the molecule is CC(O)C(NC(=O)C(Cc1c[nH]c2ccccc12)NC(=O)C(CCCN=C(N)N)NC(=O)C(N)CCCN=C(N)N)C(=O)O. The van der Waals surface area contributed by atoms with E-state index in [0.29, 0.717) is 18.4 Å². The summed E-state index contributed by atoms with van der Waals surface area (Å²) in [4.78, 5) is 62.3. The Morgan fingerprint density at radius 3 is 2.02 bits per heavy atom. The number of benzene rings is 1. The van der Waals surface area contributed by atoms with Gasteiger partial charge >= 0.3 is 5.97 Å². The van der Waals surface area contributed by atoms with E-state index >= 15 is 0 Å². The number of nitrogens with one attached hydrogen (secondary N) is 4. The average Bonchev–Trinajstić information content (AvgIpc) is 3.36. The number of para-hydroxylation sites is 1. The fourth-order valence-corrected chi connectivity index (χ4v) is 4.35. The van der Waals surface area contributed by atoms with Crippen LogP contribution in [0.5, 0.6) is 0 Å². The Labute approximate surface area is 254 Å². The highest BCUT2D eigenvalue weighted by molar-refractivity contribution is 5.95. The van der Waals surface area contributed by atoms with E-state index in [1.165, 1.54) is 6.92 Å². The molecule has 2 aromatic rings. The molecule has 0 aliphatic heterocycles. The third-order valence-electron chi connectivity index (χ3n) is 6.66. The molecule has 3 amide bonds. The average molecular weight is 618 g/mol. The number of guanidine groups is 2. The molecule has 17 nitrogen and oxygen atoms in total. The molecule has 242 valence electrons. The van der Waals surface area contributed by atoms with Gasteiger partial charge in [-0.15, -0.1) is 0 Å². The van der Waals surface area contributed by atoms with Crippen molar-refractivity contribution in [1.82, 2.24) is 20.9 Å². The van der Waals surface area contributed by atoms with Crippen LogP contribution in [0.1, 0.15) is 38.2 Å². The van der Waals surface area contributed by atoms with Gasteiger partial charge in [0.25, 0.3) is 0 Å². The number of carboxylic acids is 1. The van der Waals surface area contributed by atoms with Gasteiger partial charge in [0, 0.05) is 36.6 Å². The third-order valence-corrected chi connectivity index (χ3v) is 6.66. The minimum absolute atomic E-state index is 0.0350. The molecule has 0 aliphatic carbocycles. The standard InChI is InChI=1S/C27H43N11O6/c1-14(39)21(25(43)44)38-24(42)20(12-15-13-35-18-8-3-2-6-16(15)18)37-23(41)19(9-5-11-34-27(31)32)36-22(40)17(28)7-4-10-33-26(29)30/h2-3,6,8,13-14,17,19-21,35,39H,4-5,7,9-12,28H2,1H3,(H,36,40)(H,37,41)(H,38,42)(H,43,44)(H4,29,30,33)(H4,31,32,34). The summed E-state index contributed by atoms with van der Waals surface area (Å²) >= 11 is 0. The number of aliphatic hydroxyl groups excluding tert-OH is 1. The van der Waals surface area contributed by atoms with E-state index in [0.717, 1.165) is 10.9 Å². The van der Waals surface area contributed by atoms with Gasteiger partial charge in [-0.3, -0.25) is 24.4 Å². The molecule has 0 bridgehead atoms. The molecule has 2 rings (SSSR count). The smallest absolute Gasteiger partial charge is 0.328 e. The van der Waals surface area contributed by atoms with Crippen LogP contribution in [0.25, 0.3) is 10.9 Å². The van der Waals surface area contributed by atoms with Crippen LogP contribution in [-0.4, -0.2) is 94.2 Å². The minimum atomic E-state index is -1.63. The highest BCUT2D eigenvalue weighted by Gasteiger charge is 2.32. The molecule has 1 aromatic carbocycles. The highest BCUT2D eigenvalue weighted by Crippen LogP contribution is 2.19. The number of aliphatic imine (C=N–C) groups is 2. The third kappa shape index (κ3) is 11.4. The van der Waals surface area contributed by atoms with Crippen molar-refractivity contribution in [3.63, 3.8) is 0 Å². The molecule has 0 spiro atoms. The molecular weight excluding hydrogens is 574 g/mol. The number of fused-ring (bicyclic) bond motifs is 1. The fraction of sp³-hybridized carbons (Fsp3) is 0.481.